The SMILES string of the molecule is NCc1sccc1S(=O)(=O)Nc1c(F)cccc1Br. The Hall–Kier alpha value is -0.960. The Labute approximate surface area is 122 Å². The number of halogens is 2. The molecule has 0 spiro atoms. The van der Waals surface area contributed by atoms with Gasteiger partial charge >= 0.3 is 0 Å². The lowest BCUT2D eigenvalue weighted by Crippen LogP contribution is -2.16. The number of benzene rings is 1. The smallest absolute Gasteiger partial charge is 0.263 e. The molecule has 0 bridgehead atoms. The number of nitrogens with two attached hydrogens (primary N) is 1. The minimum absolute atomic E-state index is 0.0788. The minimum Gasteiger partial charge on any atom is -0.326 e. The van der Waals surface area contributed by atoms with E-state index in [4.69, 9.17) is 5.73 Å². The minimum atomic E-state index is -3.85. The van der Waals surface area contributed by atoms with Crippen LogP contribution < -0.4 is 10.5 Å². The Morgan fingerprint density at radius 2 is 2.11 bits per heavy atom. The van der Waals surface area contributed by atoms with E-state index in [1.54, 1.807) is 11.4 Å². The highest BCUT2D eigenvalue weighted by atomic mass is 79.9. The number of sulfonamides is 1. The largest absolute Gasteiger partial charge is 0.326 e. The molecule has 8 heteroatoms. The third-order valence-electron chi connectivity index (χ3n) is 2.38. The fourth-order valence-electron chi connectivity index (χ4n) is 1.50. The zero-order valence-electron chi connectivity index (χ0n) is 9.56. The van der Waals surface area contributed by atoms with Crippen LogP contribution in [0.15, 0.2) is 39.0 Å². The molecule has 0 atom stereocenters. The molecular weight excluding hydrogens is 355 g/mol. The summed E-state index contributed by atoms with van der Waals surface area (Å²) in [6.45, 7) is 0.117. The Bertz CT molecular complexity index is 680. The fraction of sp³-hybridized carbons (Fsp3) is 0.0909. The molecule has 1 aromatic heterocycles. The molecule has 0 saturated carbocycles. The van der Waals surface area contributed by atoms with Crippen molar-refractivity contribution < 1.29 is 12.8 Å². The van der Waals surface area contributed by atoms with Crippen molar-refractivity contribution in [1.29, 1.82) is 0 Å². The van der Waals surface area contributed by atoms with Gasteiger partial charge in [-0.25, -0.2) is 12.8 Å². The van der Waals surface area contributed by atoms with Gasteiger partial charge in [0, 0.05) is 15.9 Å². The summed E-state index contributed by atoms with van der Waals surface area (Å²) in [6.07, 6.45) is 0. The van der Waals surface area contributed by atoms with Crippen molar-refractivity contribution in [2.24, 2.45) is 5.73 Å². The molecule has 1 heterocycles. The molecule has 0 aliphatic heterocycles. The molecule has 0 aliphatic rings. The van der Waals surface area contributed by atoms with Gasteiger partial charge in [0.2, 0.25) is 0 Å². The summed E-state index contributed by atoms with van der Waals surface area (Å²) in [7, 11) is -3.85. The maximum atomic E-state index is 13.6. The molecular formula is C11H10BrFN2O2S2. The zero-order chi connectivity index (χ0) is 14.0. The summed E-state index contributed by atoms with van der Waals surface area (Å²) >= 11 is 4.36. The van der Waals surface area contributed by atoms with Crippen molar-refractivity contribution in [3.05, 3.63) is 44.8 Å². The van der Waals surface area contributed by atoms with Crippen LogP contribution in [0.1, 0.15) is 4.88 Å². The van der Waals surface area contributed by atoms with Gasteiger partial charge in [-0.3, -0.25) is 4.72 Å². The average Bonchev–Trinajstić information content (AvgIpc) is 2.83. The molecule has 1 aromatic carbocycles. The fourth-order valence-corrected chi connectivity index (χ4v) is 4.50. The lowest BCUT2D eigenvalue weighted by Gasteiger charge is -2.10. The normalized spacial score (nSPS) is 11.5. The summed E-state index contributed by atoms with van der Waals surface area (Å²) < 4.78 is 40.6. The number of thiophene rings is 1. The van der Waals surface area contributed by atoms with Gasteiger partial charge in [0.05, 0.1) is 5.69 Å². The van der Waals surface area contributed by atoms with Crippen LogP contribution in [-0.4, -0.2) is 8.42 Å². The van der Waals surface area contributed by atoms with E-state index in [2.05, 4.69) is 20.7 Å². The van der Waals surface area contributed by atoms with Gasteiger partial charge in [-0.1, -0.05) is 6.07 Å². The van der Waals surface area contributed by atoms with Crippen LogP contribution in [0.4, 0.5) is 10.1 Å². The first-order valence-electron chi connectivity index (χ1n) is 5.19. The molecule has 0 unspecified atom stereocenters. The van der Waals surface area contributed by atoms with E-state index in [0.717, 1.165) is 0 Å². The van der Waals surface area contributed by atoms with Crippen LogP contribution in [-0.2, 0) is 16.6 Å². The van der Waals surface area contributed by atoms with Crippen molar-refractivity contribution in [1.82, 2.24) is 0 Å². The first-order valence-corrected chi connectivity index (χ1v) is 8.34. The maximum absolute atomic E-state index is 13.6. The molecule has 102 valence electrons. The number of rotatable bonds is 4. The number of anilines is 1. The Morgan fingerprint density at radius 1 is 1.37 bits per heavy atom. The predicted molar refractivity (Wildman–Crippen MR) is 77.1 cm³/mol. The van der Waals surface area contributed by atoms with E-state index in [9.17, 15) is 12.8 Å². The third-order valence-corrected chi connectivity index (χ3v) is 5.55. The zero-order valence-corrected chi connectivity index (χ0v) is 12.8. The lowest BCUT2D eigenvalue weighted by atomic mass is 10.3. The molecule has 0 amide bonds. The van der Waals surface area contributed by atoms with Gasteiger partial charge < -0.3 is 5.73 Å². The molecule has 0 fully saturated rings. The van der Waals surface area contributed by atoms with Gasteiger partial charge in [0.1, 0.15) is 10.7 Å². The van der Waals surface area contributed by atoms with Crippen LogP contribution in [0.3, 0.4) is 0 Å². The second-order valence-corrected chi connectivity index (χ2v) is 7.12. The molecule has 0 radical (unpaired) electrons. The second-order valence-electron chi connectivity index (χ2n) is 3.61. The van der Waals surface area contributed by atoms with Crippen molar-refractivity contribution in [3.8, 4) is 0 Å². The summed E-state index contributed by atoms with van der Waals surface area (Å²) in [6, 6.07) is 5.66. The van der Waals surface area contributed by atoms with Crippen LogP contribution in [0.25, 0.3) is 0 Å². The summed E-state index contributed by atoms with van der Waals surface area (Å²) in [5.41, 5.74) is 5.37. The Kier molecular flexibility index (Phi) is 4.24. The van der Waals surface area contributed by atoms with Crippen molar-refractivity contribution >= 4 is 43.0 Å². The molecule has 3 N–H and O–H groups in total. The van der Waals surface area contributed by atoms with Gasteiger partial charge in [-0.2, -0.15) is 0 Å². The molecule has 19 heavy (non-hydrogen) atoms. The van der Waals surface area contributed by atoms with Crippen molar-refractivity contribution in [2.45, 2.75) is 11.4 Å². The van der Waals surface area contributed by atoms with Gasteiger partial charge in [-0.05, 0) is 39.5 Å². The predicted octanol–water partition coefficient (Wildman–Crippen LogP) is 2.91. The highest BCUT2D eigenvalue weighted by Crippen LogP contribution is 2.29. The third kappa shape index (κ3) is 2.97. The lowest BCUT2D eigenvalue weighted by molar-refractivity contribution is 0.598. The Balaban J connectivity index is 2.43. The Morgan fingerprint density at radius 3 is 2.74 bits per heavy atom. The van der Waals surface area contributed by atoms with Crippen molar-refractivity contribution in [2.75, 3.05) is 4.72 Å². The monoisotopic (exact) mass is 364 g/mol. The maximum Gasteiger partial charge on any atom is 0.263 e. The van der Waals surface area contributed by atoms with E-state index in [0.29, 0.717) is 9.35 Å². The number of hydrogen-bond donors (Lipinski definition) is 2. The first kappa shape index (κ1) is 14.4. The molecule has 4 nitrogen and oxygen atoms in total. The second kappa shape index (κ2) is 5.58. The summed E-state index contributed by atoms with van der Waals surface area (Å²) in [5, 5.41) is 1.63. The van der Waals surface area contributed by atoms with E-state index >= 15 is 0 Å². The van der Waals surface area contributed by atoms with Crippen LogP contribution >= 0.6 is 27.3 Å². The van der Waals surface area contributed by atoms with Crippen LogP contribution in [0, 0.1) is 5.82 Å². The molecule has 2 aromatic rings. The standard InChI is InChI=1S/C11H10BrFN2O2S2/c12-7-2-1-3-8(13)11(7)15-19(16,17)10-4-5-18-9(10)6-14/h1-5,15H,6,14H2. The molecule has 2 rings (SSSR count). The number of para-hydroxylation sites is 1. The van der Waals surface area contributed by atoms with E-state index < -0.39 is 15.8 Å². The van der Waals surface area contributed by atoms with Gasteiger partial charge in [-0.15, -0.1) is 11.3 Å². The average molecular weight is 365 g/mol. The van der Waals surface area contributed by atoms with E-state index in [1.165, 1.54) is 29.5 Å². The summed E-state index contributed by atoms with van der Waals surface area (Å²) in [5.74, 6) is -0.650. The molecule has 0 saturated heterocycles. The van der Waals surface area contributed by atoms with Crippen molar-refractivity contribution in [3.63, 3.8) is 0 Å². The highest BCUT2D eigenvalue weighted by molar-refractivity contribution is 9.10. The highest BCUT2D eigenvalue weighted by Gasteiger charge is 2.21. The number of nitrogens with one attached hydrogen (secondary N) is 1. The van der Waals surface area contributed by atoms with E-state index in [1.807, 2.05) is 0 Å². The van der Waals surface area contributed by atoms with Crippen LogP contribution in [0.5, 0.6) is 0 Å². The molecule has 0 aliphatic carbocycles. The first-order chi connectivity index (χ1) is 8.95. The topological polar surface area (TPSA) is 72.2 Å². The van der Waals surface area contributed by atoms with Gasteiger partial charge in [0.15, 0.2) is 0 Å². The summed E-state index contributed by atoms with van der Waals surface area (Å²) in [4.78, 5) is 0.607. The van der Waals surface area contributed by atoms with Crippen LogP contribution in [0.2, 0.25) is 0 Å². The number of hydrogen-bond acceptors (Lipinski definition) is 4. The quantitative estimate of drug-likeness (QED) is 0.875. The van der Waals surface area contributed by atoms with Gasteiger partial charge in [0.25, 0.3) is 10.0 Å². The van der Waals surface area contributed by atoms with E-state index in [-0.39, 0.29) is 17.1 Å².